The van der Waals surface area contributed by atoms with Gasteiger partial charge >= 0.3 is 5.97 Å². The third-order valence-corrected chi connectivity index (χ3v) is 3.30. The van der Waals surface area contributed by atoms with Gasteiger partial charge in [0.2, 0.25) is 5.91 Å². The Kier molecular flexibility index (Phi) is 6.25. The number of hydrogen-bond donors (Lipinski definition) is 1. The van der Waals surface area contributed by atoms with Gasteiger partial charge in [0.1, 0.15) is 19.0 Å². The number of ether oxygens (including phenoxy) is 1. The molecule has 2 aromatic carbocycles. The van der Waals surface area contributed by atoms with Crippen LogP contribution in [0.15, 0.2) is 60.7 Å². The zero-order valence-electron chi connectivity index (χ0n) is 13.3. The molecule has 0 aliphatic heterocycles. The molecule has 2 aromatic rings. The van der Waals surface area contributed by atoms with E-state index >= 15 is 0 Å². The minimum atomic E-state index is -0.538. The molecule has 4 nitrogen and oxygen atoms in total. The highest BCUT2D eigenvalue weighted by molar-refractivity contribution is 5.96. The van der Waals surface area contributed by atoms with E-state index in [0.717, 1.165) is 5.56 Å². The Balaban J connectivity index is 1.81. The van der Waals surface area contributed by atoms with E-state index in [1.165, 1.54) is 12.1 Å². The van der Waals surface area contributed by atoms with E-state index in [0.29, 0.717) is 11.1 Å². The number of hydrogen-bond acceptors (Lipinski definition) is 3. The van der Waals surface area contributed by atoms with Crippen LogP contribution in [0.5, 0.6) is 0 Å². The Hall–Kier alpha value is -2.95. The molecule has 0 fully saturated rings. The van der Waals surface area contributed by atoms with Gasteiger partial charge in [0.25, 0.3) is 0 Å². The van der Waals surface area contributed by atoms with Gasteiger partial charge in [-0.3, -0.25) is 9.59 Å². The van der Waals surface area contributed by atoms with Crippen LogP contribution in [-0.2, 0) is 20.9 Å². The third-order valence-electron chi connectivity index (χ3n) is 3.30. The van der Waals surface area contributed by atoms with Crippen LogP contribution in [-0.4, -0.2) is 18.4 Å². The summed E-state index contributed by atoms with van der Waals surface area (Å²) in [7, 11) is 0. The van der Waals surface area contributed by atoms with Gasteiger partial charge in [0.05, 0.1) is 0 Å². The molecular weight excluding hydrogens is 309 g/mol. The van der Waals surface area contributed by atoms with Crippen molar-refractivity contribution in [3.8, 4) is 0 Å². The molecule has 0 saturated carbocycles. The van der Waals surface area contributed by atoms with Crippen LogP contribution in [0.2, 0.25) is 0 Å². The number of benzene rings is 2. The molecule has 0 atom stereocenters. The van der Waals surface area contributed by atoms with Gasteiger partial charge in [-0.05, 0) is 24.1 Å². The quantitative estimate of drug-likeness (QED) is 0.655. The second-order valence-corrected chi connectivity index (χ2v) is 5.17. The van der Waals surface area contributed by atoms with Crippen LogP contribution in [0.3, 0.4) is 0 Å². The molecule has 0 saturated heterocycles. The summed E-state index contributed by atoms with van der Waals surface area (Å²) in [6.45, 7) is 1.54. The number of amides is 1. The van der Waals surface area contributed by atoms with Crippen molar-refractivity contribution >= 4 is 17.4 Å². The van der Waals surface area contributed by atoms with Crippen LogP contribution < -0.4 is 5.32 Å². The van der Waals surface area contributed by atoms with Crippen molar-refractivity contribution in [3.05, 3.63) is 77.6 Å². The van der Waals surface area contributed by atoms with Gasteiger partial charge in [-0.15, -0.1) is 0 Å². The van der Waals surface area contributed by atoms with Crippen molar-refractivity contribution in [1.82, 2.24) is 5.32 Å². The van der Waals surface area contributed by atoms with Gasteiger partial charge in [-0.2, -0.15) is 0 Å². The summed E-state index contributed by atoms with van der Waals surface area (Å²) >= 11 is 0. The molecule has 24 heavy (non-hydrogen) atoms. The number of esters is 1. The Morgan fingerprint density at radius 3 is 2.46 bits per heavy atom. The minimum absolute atomic E-state index is 0.152. The molecule has 0 aromatic heterocycles. The van der Waals surface area contributed by atoms with Crippen LogP contribution in [0.25, 0.3) is 5.57 Å². The van der Waals surface area contributed by atoms with Gasteiger partial charge < -0.3 is 10.1 Å². The first-order chi connectivity index (χ1) is 11.6. The molecule has 0 bridgehead atoms. The smallest absolute Gasteiger partial charge is 0.325 e. The maximum absolute atomic E-state index is 13.6. The number of carbonyl (C=O) groups is 2. The Morgan fingerprint density at radius 2 is 1.75 bits per heavy atom. The lowest BCUT2D eigenvalue weighted by Crippen LogP contribution is -2.29. The number of rotatable bonds is 6. The zero-order valence-corrected chi connectivity index (χ0v) is 13.3. The molecule has 0 radical (unpaired) electrons. The molecule has 124 valence electrons. The number of carbonyl (C=O) groups excluding carboxylic acids is 2. The van der Waals surface area contributed by atoms with Crippen LogP contribution in [0.1, 0.15) is 18.1 Å². The second-order valence-electron chi connectivity index (χ2n) is 5.17. The van der Waals surface area contributed by atoms with Crippen LogP contribution in [0, 0.1) is 5.82 Å². The summed E-state index contributed by atoms with van der Waals surface area (Å²) in [5.41, 5.74) is 1.69. The summed E-state index contributed by atoms with van der Waals surface area (Å²) < 4.78 is 18.7. The lowest BCUT2D eigenvalue weighted by Gasteiger charge is -2.06. The summed E-state index contributed by atoms with van der Waals surface area (Å²) in [5.74, 6) is -1.42. The summed E-state index contributed by atoms with van der Waals surface area (Å²) in [4.78, 5) is 23.4. The first-order valence-corrected chi connectivity index (χ1v) is 7.47. The van der Waals surface area contributed by atoms with Gasteiger partial charge in [-0.1, -0.05) is 48.5 Å². The minimum Gasteiger partial charge on any atom is -0.460 e. The molecule has 2 rings (SSSR count). The van der Waals surface area contributed by atoms with E-state index in [1.807, 2.05) is 30.3 Å². The average Bonchev–Trinajstić information content (AvgIpc) is 2.59. The fourth-order valence-electron chi connectivity index (χ4n) is 2.05. The molecule has 0 heterocycles. The van der Waals surface area contributed by atoms with E-state index in [2.05, 4.69) is 5.32 Å². The van der Waals surface area contributed by atoms with E-state index in [9.17, 15) is 14.0 Å². The largest absolute Gasteiger partial charge is 0.460 e. The van der Waals surface area contributed by atoms with Crippen molar-refractivity contribution < 1.29 is 18.7 Å². The van der Waals surface area contributed by atoms with Crippen LogP contribution >= 0.6 is 0 Å². The average molecular weight is 327 g/mol. The number of nitrogens with one attached hydrogen (secondary N) is 1. The molecule has 1 N–H and O–H groups in total. The lowest BCUT2D eigenvalue weighted by molar-refractivity contribution is -0.144. The van der Waals surface area contributed by atoms with Crippen molar-refractivity contribution in [2.45, 2.75) is 13.5 Å². The highest BCUT2D eigenvalue weighted by atomic mass is 19.1. The fourth-order valence-corrected chi connectivity index (χ4v) is 2.05. The van der Waals surface area contributed by atoms with E-state index in [1.54, 1.807) is 25.1 Å². The van der Waals surface area contributed by atoms with Gasteiger partial charge in [0.15, 0.2) is 0 Å². The molecule has 0 aliphatic carbocycles. The number of halogens is 1. The topological polar surface area (TPSA) is 55.4 Å². The van der Waals surface area contributed by atoms with Crippen molar-refractivity contribution in [1.29, 1.82) is 0 Å². The van der Waals surface area contributed by atoms with Gasteiger partial charge in [-0.25, -0.2) is 4.39 Å². The van der Waals surface area contributed by atoms with Crippen LogP contribution in [0.4, 0.5) is 4.39 Å². The summed E-state index contributed by atoms with van der Waals surface area (Å²) in [5, 5.41) is 2.43. The van der Waals surface area contributed by atoms with E-state index < -0.39 is 17.7 Å². The zero-order chi connectivity index (χ0) is 17.4. The van der Waals surface area contributed by atoms with Crippen molar-refractivity contribution in [2.24, 2.45) is 0 Å². The summed E-state index contributed by atoms with van der Waals surface area (Å²) in [6, 6.07) is 15.4. The maximum Gasteiger partial charge on any atom is 0.325 e. The Bertz CT molecular complexity index is 741. The van der Waals surface area contributed by atoms with Crippen molar-refractivity contribution in [3.63, 3.8) is 0 Å². The molecule has 5 heteroatoms. The molecular formula is C19H18FNO3. The predicted octanol–water partition coefficient (Wildman–Crippen LogP) is 3.09. The fraction of sp³-hybridized carbons (Fsp3) is 0.158. The molecule has 0 spiro atoms. The molecule has 0 unspecified atom stereocenters. The third kappa shape index (κ3) is 5.35. The highest BCUT2D eigenvalue weighted by Gasteiger charge is 2.08. The Labute approximate surface area is 140 Å². The first kappa shape index (κ1) is 17.4. The Morgan fingerprint density at radius 1 is 1.08 bits per heavy atom. The molecule has 1 amide bonds. The SMILES string of the molecule is CC(=CC(=O)NCC(=O)OCc1ccccc1)c1ccccc1F. The first-order valence-electron chi connectivity index (χ1n) is 7.47. The van der Waals surface area contributed by atoms with Gasteiger partial charge in [0, 0.05) is 11.6 Å². The van der Waals surface area contributed by atoms with Crippen molar-refractivity contribution in [2.75, 3.05) is 6.54 Å². The van der Waals surface area contributed by atoms with E-state index in [-0.39, 0.29) is 13.2 Å². The lowest BCUT2D eigenvalue weighted by atomic mass is 10.1. The maximum atomic E-state index is 13.6. The summed E-state index contributed by atoms with van der Waals surface area (Å²) in [6.07, 6.45) is 1.25. The normalized spacial score (nSPS) is 11.0. The van der Waals surface area contributed by atoms with E-state index in [4.69, 9.17) is 4.74 Å². The second kappa shape index (κ2) is 8.62. The standard InChI is InChI=1S/C19H18FNO3/c1-14(16-9-5-6-10-17(16)20)11-18(22)21-12-19(23)24-13-15-7-3-2-4-8-15/h2-11H,12-13H2,1H3,(H,21,22). The molecule has 0 aliphatic rings. The highest BCUT2D eigenvalue weighted by Crippen LogP contribution is 2.16. The predicted molar refractivity (Wildman–Crippen MR) is 89.3 cm³/mol. The monoisotopic (exact) mass is 327 g/mol. The number of allylic oxidation sites excluding steroid dienone is 1.